The van der Waals surface area contributed by atoms with Gasteiger partial charge in [-0.25, -0.2) is 5.43 Å². The van der Waals surface area contributed by atoms with E-state index in [1.165, 1.54) is 6.21 Å². The molecule has 3 N–H and O–H groups in total. The minimum atomic E-state index is -0.771. The molecule has 0 radical (unpaired) electrons. The summed E-state index contributed by atoms with van der Waals surface area (Å²) in [6, 6.07) is 16.0. The van der Waals surface area contributed by atoms with E-state index in [-0.39, 0.29) is 24.2 Å². The fourth-order valence-electron chi connectivity index (χ4n) is 3.76. The molecule has 0 saturated heterocycles. The van der Waals surface area contributed by atoms with Crippen LogP contribution < -0.4 is 15.5 Å². The number of hydrogen-bond acceptors (Lipinski definition) is 5. The molecule has 0 aliphatic heterocycles. The van der Waals surface area contributed by atoms with Gasteiger partial charge in [-0.1, -0.05) is 62.4 Å². The van der Waals surface area contributed by atoms with E-state index >= 15 is 0 Å². The van der Waals surface area contributed by atoms with E-state index in [0.29, 0.717) is 17.7 Å². The summed E-state index contributed by atoms with van der Waals surface area (Å²) < 4.78 is 5.71. The number of hydrazone groups is 1. The molecular formula is C27H31N3O4. The van der Waals surface area contributed by atoms with Gasteiger partial charge in [0.1, 0.15) is 17.5 Å². The molecule has 1 atom stereocenters. The zero-order valence-corrected chi connectivity index (χ0v) is 20.0. The normalized spacial score (nSPS) is 12.1. The number of rotatable bonds is 9. The van der Waals surface area contributed by atoms with Crippen LogP contribution in [-0.4, -0.2) is 35.8 Å². The maximum absolute atomic E-state index is 12.8. The van der Waals surface area contributed by atoms with E-state index in [0.717, 1.165) is 21.9 Å². The number of carbonyl (C=O) groups excluding carboxylic acids is 2. The van der Waals surface area contributed by atoms with Crippen molar-refractivity contribution >= 4 is 28.8 Å². The lowest BCUT2D eigenvalue weighted by Gasteiger charge is -2.19. The topological polar surface area (TPSA) is 100 Å². The number of nitrogens with zero attached hydrogens (tertiary/aromatic N) is 1. The van der Waals surface area contributed by atoms with Crippen LogP contribution in [0.1, 0.15) is 37.0 Å². The predicted molar refractivity (Wildman–Crippen MR) is 134 cm³/mol. The third kappa shape index (κ3) is 6.34. The van der Waals surface area contributed by atoms with Crippen LogP contribution in [-0.2, 0) is 9.59 Å². The van der Waals surface area contributed by atoms with E-state index in [1.54, 1.807) is 6.07 Å². The number of ether oxygens (including phenoxy) is 1. The first-order valence-electron chi connectivity index (χ1n) is 11.3. The third-order valence-electron chi connectivity index (χ3n) is 5.43. The van der Waals surface area contributed by atoms with Gasteiger partial charge >= 0.3 is 0 Å². The summed E-state index contributed by atoms with van der Waals surface area (Å²) in [5, 5.41) is 18.8. The molecule has 0 saturated carbocycles. The number of benzene rings is 3. The molecular weight excluding hydrogens is 430 g/mol. The SMILES string of the molecule is Cc1cccc(C)c1OCC(=O)N[C@H](CC(C)C)C(=O)N/N=C\c1c(O)ccc2ccccc12. The molecule has 3 aromatic carbocycles. The summed E-state index contributed by atoms with van der Waals surface area (Å²) in [4.78, 5) is 25.3. The van der Waals surface area contributed by atoms with Crippen molar-refractivity contribution in [1.82, 2.24) is 10.7 Å². The first kappa shape index (κ1) is 24.8. The number of aromatic hydroxyl groups is 1. The quantitative estimate of drug-likeness (QED) is 0.328. The van der Waals surface area contributed by atoms with Gasteiger partial charge < -0.3 is 15.2 Å². The fraction of sp³-hybridized carbons (Fsp3) is 0.296. The van der Waals surface area contributed by atoms with Gasteiger partial charge in [-0.2, -0.15) is 5.10 Å². The highest BCUT2D eigenvalue weighted by Crippen LogP contribution is 2.25. The maximum atomic E-state index is 12.8. The Balaban J connectivity index is 1.65. The van der Waals surface area contributed by atoms with Crippen LogP contribution in [0.3, 0.4) is 0 Å². The smallest absolute Gasteiger partial charge is 0.262 e. The van der Waals surface area contributed by atoms with Crippen LogP contribution in [0.25, 0.3) is 10.8 Å². The number of nitrogens with one attached hydrogen (secondary N) is 2. The Morgan fingerprint density at radius 2 is 1.74 bits per heavy atom. The van der Waals surface area contributed by atoms with Gasteiger partial charge in [0.2, 0.25) is 0 Å². The van der Waals surface area contributed by atoms with E-state index in [1.807, 2.05) is 76.2 Å². The Bertz CT molecular complexity index is 1180. The number of hydrogen-bond donors (Lipinski definition) is 3. The standard InChI is InChI=1S/C27H31N3O4/c1-17(2)14-23(29-25(32)16-34-26-18(3)8-7-9-19(26)4)27(33)30-28-15-22-21-11-6-5-10-20(21)12-13-24(22)31/h5-13,15,17,23,31H,14,16H2,1-4H3,(H,29,32)(H,30,33)/b28-15-/t23-/m1/s1. The minimum absolute atomic E-state index is 0.0624. The maximum Gasteiger partial charge on any atom is 0.262 e. The van der Waals surface area contributed by atoms with E-state index in [4.69, 9.17) is 4.74 Å². The number of phenols is 1. The molecule has 3 aromatic rings. The Labute approximate surface area is 199 Å². The molecule has 0 aromatic heterocycles. The van der Waals surface area contributed by atoms with Crippen LogP contribution in [0.4, 0.5) is 0 Å². The summed E-state index contributed by atoms with van der Waals surface area (Å²) in [5.74, 6) is 0.0697. The summed E-state index contributed by atoms with van der Waals surface area (Å²) in [7, 11) is 0. The Kier molecular flexibility index (Phi) is 8.24. The van der Waals surface area contributed by atoms with E-state index < -0.39 is 11.9 Å². The van der Waals surface area contributed by atoms with Crippen molar-refractivity contribution in [3.63, 3.8) is 0 Å². The zero-order chi connectivity index (χ0) is 24.7. The van der Waals surface area contributed by atoms with Crippen molar-refractivity contribution in [1.29, 1.82) is 0 Å². The minimum Gasteiger partial charge on any atom is -0.507 e. The number of phenolic OH excluding ortho intramolecular Hbond substituents is 1. The lowest BCUT2D eigenvalue weighted by Crippen LogP contribution is -2.47. The van der Waals surface area contributed by atoms with Crippen molar-refractivity contribution < 1.29 is 19.4 Å². The lowest BCUT2D eigenvalue weighted by atomic mass is 10.0. The summed E-state index contributed by atoms with van der Waals surface area (Å²) in [6.45, 7) is 7.58. The first-order valence-corrected chi connectivity index (χ1v) is 11.3. The lowest BCUT2D eigenvalue weighted by molar-refractivity contribution is -0.130. The number of para-hydroxylation sites is 1. The van der Waals surface area contributed by atoms with Crippen LogP contribution >= 0.6 is 0 Å². The van der Waals surface area contributed by atoms with Gasteiger partial charge in [-0.15, -0.1) is 0 Å². The highest BCUT2D eigenvalue weighted by atomic mass is 16.5. The molecule has 178 valence electrons. The van der Waals surface area contributed by atoms with Crippen molar-refractivity contribution in [3.8, 4) is 11.5 Å². The molecule has 0 heterocycles. The van der Waals surface area contributed by atoms with Crippen molar-refractivity contribution in [3.05, 3.63) is 71.3 Å². The number of carbonyl (C=O) groups is 2. The third-order valence-corrected chi connectivity index (χ3v) is 5.43. The Morgan fingerprint density at radius 3 is 2.44 bits per heavy atom. The predicted octanol–water partition coefficient (Wildman–Crippen LogP) is 4.22. The largest absolute Gasteiger partial charge is 0.507 e. The Morgan fingerprint density at radius 1 is 1.03 bits per heavy atom. The number of amides is 2. The van der Waals surface area contributed by atoms with Crippen molar-refractivity contribution in [2.75, 3.05) is 6.61 Å². The molecule has 0 aliphatic rings. The Hall–Kier alpha value is -3.87. The van der Waals surface area contributed by atoms with Gasteiger partial charge in [0.25, 0.3) is 11.8 Å². The van der Waals surface area contributed by atoms with Gasteiger partial charge in [-0.05, 0) is 54.2 Å². The van der Waals surface area contributed by atoms with E-state index in [9.17, 15) is 14.7 Å². The molecule has 0 fully saturated rings. The van der Waals surface area contributed by atoms with Gasteiger partial charge in [0, 0.05) is 5.56 Å². The molecule has 2 amide bonds. The van der Waals surface area contributed by atoms with Crippen molar-refractivity contribution in [2.45, 2.75) is 40.2 Å². The van der Waals surface area contributed by atoms with Crippen molar-refractivity contribution in [2.24, 2.45) is 11.0 Å². The monoisotopic (exact) mass is 461 g/mol. The molecule has 34 heavy (non-hydrogen) atoms. The molecule has 0 unspecified atom stereocenters. The number of aryl methyl sites for hydroxylation is 2. The summed E-state index contributed by atoms with van der Waals surface area (Å²) in [5.41, 5.74) is 4.87. The zero-order valence-electron chi connectivity index (χ0n) is 20.0. The highest BCUT2D eigenvalue weighted by Gasteiger charge is 2.22. The van der Waals surface area contributed by atoms with Gasteiger partial charge in [-0.3, -0.25) is 9.59 Å². The van der Waals surface area contributed by atoms with Gasteiger partial charge in [0.05, 0.1) is 6.21 Å². The molecule has 3 rings (SSSR count). The number of fused-ring (bicyclic) bond motifs is 1. The van der Waals surface area contributed by atoms with Gasteiger partial charge in [0.15, 0.2) is 6.61 Å². The average molecular weight is 462 g/mol. The summed E-state index contributed by atoms with van der Waals surface area (Å²) >= 11 is 0. The second-order valence-electron chi connectivity index (χ2n) is 8.71. The first-order chi connectivity index (χ1) is 16.3. The second kappa shape index (κ2) is 11.3. The molecule has 0 bridgehead atoms. The highest BCUT2D eigenvalue weighted by molar-refractivity contribution is 6.02. The fourth-order valence-corrected chi connectivity index (χ4v) is 3.76. The molecule has 0 spiro atoms. The average Bonchev–Trinajstić information content (AvgIpc) is 2.79. The molecule has 7 nitrogen and oxygen atoms in total. The van der Waals surface area contributed by atoms with E-state index in [2.05, 4.69) is 15.8 Å². The van der Waals surface area contributed by atoms with Crippen LogP contribution in [0.15, 0.2) is 59.7 Å². The summed E-state index contributed by atoms with van der Waals surface area (Å²) in [6.07, 6.45) is 1.85. The molecule has 0 aliphatic carbocycles. The van der Waals surface area contributed by atoms with Crippen LogP contribution in [0, 0.1) is 19.8 Å². The molecule has 7 heteroatoms. The second-order valence-corrected chi connectivity index (χ2v) is 8.71. The van der Waals surface area contributed by atoms with Crippen LogP contribution in [0.5, 0.6) is 11.5 Å². The van der Waals surface area contributed by atoms with Crippen LogP contribution in [0.2, 0.25) is 0 Å².